The van der Waals surface area contributed by atoms with E-state index in [4.69, 9.17) is 0 Å². The van der Waals surface area contributed by atoms with Crippen LogP contribution in [0, 0.1) is 0 Å². The number of rotatable bonds is 0. The van der Waals surface area contributed by atoms with E-state index in [1.807, 2.05) is 24.3 Å². The molecule has 0 bridgehead atoms. The lowest BCUT2D eigenvalue weighted by Crippen LogP contribution is -2.24. The highest BCUT2D eigenvalue weighted by Gasteiger charge is 1.84. The first-order chi connectivity index (χ1) is 3.80. The van der Waals surface area contributed by atoms with Crippen molar-refractivity contribution < 1.29 is 0 Å². The first-order valence-electron chi connectivity index (χ1n) is 2.33. The zero-order chi connectivity index (χ0) is 5.98. The second-order valence-electron chi connectivity index (χ2n) is 1.55. The van der Waals surface area contributed by atoms with E-state index < -0.39 is 0 Å². The minimum Gasteiger partial charge on any atom is -0.0689 e. The summed E-state index contributed by atoms with van der Waals surface area (Å²) in [6, 6.07) is 7.93. The summed E-state index contributed by atoms with van der Waals surface area (Å²) < 4.78 is 0. The quantitative estimate of drug-likeness (QED) is 0.409. The summed E-state index contributed by atoms with van der Waals surface area (Å²) in [5.41, 5.74) is 0. The average molecular weight is 132 g/mol. The first kappa shape index (κ1) is 5.78. The Bertz CT molecular complexity index is 163. The molecule has 36 valence electrons. The molecule has 1 rings (SSSR count). The smallest absolute Gasteiger partial charge is 0.0689 e. The van der Waals surface area contributed by atoms with Gasteiger partial charge in [-0.15, -0.1) is 0 Å². The van der Waals surface area contributed by atoms with Gasteiger partial charge < -0.3 is 0 Å². The van der Waals surface area contributed by atoms with Crippen molar-refractivity contribution in [2.24, 2.45) is 0 Å². The molecule has 0 unspecified atom stereocenters. The van der Waals surface area contributed by atoms with E-state index in [0.29, 0.717) is 0 Å². The van der Waals surface area contributed by atoms with Gasteiger partial charge in [-0.05, 0) is 0 Å². The predicted octanol–water partition coefficient (Wildman–Crippen LogP) is -0.726. The Morgan fingerprint density at radius 2 is 1.25 bits per heavy atom. The van der Waals surface area contributed by atoms with Gasteiger partial charge in [-0.2, -0.15) is 0 Å². The zero-order valence-corrected chi connectivity index (χ0v) is 6.31. The average Bonchev–Trinajstić information content (AvgIpc) is 1.77. The van der Waals surface area contributed by atoms with Gasteiger partial charge in [0.25, 0.3) is 0 Å². The van der Waals surface area contributed by atoms with Gasteiger partial charge in [0.05, 0.1) is 20.5 Å². The summed E-state index contributed by atoms with van der Waals surface area (Å²) in [6.45, 7) is 0. The largest absolute Gasteiger partial charge is 0.0709 e. The molecule has 0 heterocycles. The zero-order valence-electron chi connectivity index (χ0n) is 4.31. The fourth-order valence-corrected chi connectivity index (χ4v) is 0.842. The fraction of sp³-hybridized carbons (Fsp3) is 0. The van der Waals surface area contributed by atoms with Crippen LogP contribution in [0.5, 0.6) is 0 Å². The Hall–Kier alpha value is -0.346. The molecule has 0 fully saturated rings. The lowest BCUT2D eigenvalue weighted by molar-refractivity contribution is 1.83. The van der Waals surface area contributed by atoms with Crippen LogP contribution in [0.1, 0.15) is 0 Å². The highest BCUT2D eigenvalue weighted by Crippen LogP contribution is 1.73. The van der Waals surface area contributed by atoms with E-state index in [1.165, 1.54) is 0 Å². The van der Waals surface area contributed by atoms with E-state index in [0.717, 1.165) is 10.4 Å². The SMILES string of the molecule is [Si]c1ccccc1[Si]. The maximum atomic E-state index is 3.39. The van der Waals surface area contributed by atoms with Crippen molar-refractivity contribution in [3.8, 4) is 0 Å². The molecule has 0 atom stereocenters. The summed E-state index contributed by atoms with van der Waals surface area (Å²) in [7, 11) is 6.79. The van der Waals surface area contributed by atoms with Gasteiger partial charge in [-0.25, -0.2) is 0 Å². The summed E-state index contributed by atoms with van der Waals surface area (Å²) in [5.74, 6) is 0. The van der Waals surface area contributed by atoms with E-state index in [-0.39, 0.29) is 0 Å². The standard InChI is InChI=1S/C6H4Si2/c7-5-3-1-2-4-6(5)8/h1-4H. The molecular formula is C6H4Si2. The lowest BCUT2D eigenvalue weighted by atomic mass is 10.4. The molecule has 0 saturated carbocycles. The Morgan fingerprint density at radius 1 is 0.875 bits per heavy atom. The maximum Gasteiger partial charge on any atom is 0.0709 e. The summed E-state index contributed by atoms with van der Waals surface area (Å²) in [6.07, 6.45) is 0. The fourth-order valence-electron chi connectivity index (χ4n) is 0.483. The van der Waals surface area contributed by atoms with Gasteiger partial charge in [0.1, 0.15) is 0 Å². The molecule has 1 aromatic carbocycles. The minimum atomic E-state index is 1.09. The second kappa shape index (κ2) is 2.28. The van der Waals surface area contributed by atoms with Crippen LogP contribution in [0.25, 0.3) is 0 Å². The molecule has 0 spiro atoms. The monoisotopic (exact) mass is 132 g/mol. The van der Waals surface area contributed by atoms with Gasteiger partial charge in [-0.1, -0.05) is 34.6 Å². The van der Waals surface area contributed by atoms with Crippen LogP contribution in [0.15, 0.2) is 24.3 Å². The van der Waals surface area contributed by atoms with Gasteiger partial charge in [0.2, 0.25) is 0 Å². The number of hydrogen-bond donors (Lipinski definition) is 0. The second-order valence-corrected chi connectivity index (χ2v) is 2.62. The van der Waals surface area contributed by atoms with Gasteiger partial charge in [-0.3, -0.25) is 0 Å². The highest BCUT2D eigenvalue weighted by atomic mass is 28.2. The van der Waals surface area contributed by atoms with Crippen LogP contribution in [0.3, 0.4) is 0 Å². The van der Waals surface area contributed by atoms with E-state index in [9.17, 15) is 0 Å². The molecule has 0 aliphatic heterocycles. The van der Waals surface area contributed by atoms with E-state index in [1.54, 1.807) is 0 Å². The Labute approximate surface area is 55.8 Å². The summed E-state index contributed by atoms with van der Waals surface area (Å²) >= 11 is 0. The molecule has 1 aromatic rings. The topological polar surface area (TPSA) is 0 Å². The third kappa shape index (κ3) is 1.08. The summed E-state index contributed by atoms with van der Waals surface area (Å²) in [5, 5.41) is 2.17. The molecule has 0 N–H and O–H groups in total. The summed E-state index contributed by atoms with van der Waals surface area (Å²) in [4.78, 5) is 0. The molecule has 0 aliphatic carbocycles. The molecule has 0 nitrogen and oxygen atoms in total. The third-order valence-corrected chi connectivity index (χ3v) is 2.05. The molecule has 0 aliphatic rings. The molecule has 2 heteroatoms. The van der Waals surface area contributed by atoms with Crippen molar-refractivity contribution in [3.05, 3.63) is 24.3 Å². The highest BCUT2D eigenvalue weighted by molar-refractivity contribution is 6.48. The van der Waals surface area contributed by atoms with E-state index in [2.05, 4.69) is 20.5 Å². The normalized spacial score (nSPS) is 9.25. The van der Waals surface area contributed by atoms with Crippen LogP contribution < -0.4 is 10.4 Å². The van der Waals surface area contributed by atoms with Crippen molar-refractivity contribution in [1.82, 2.24) is 0 Å². The van der Waals surface area contributed by atoms with E-state index >= 15 is 0 Å². The van der Waals surface area contributed by atoms with Gasteiger partial charge in [0, 0.05) is 0 Å². The van der Waals surface area contributed by atoms with Crippen LogP contribution >= 0.6 is 0 Å². The Balaban J connectivity index is 3.13. The van der Waals surface area contributed by atoms with Crippen LogP contribution in [-0.2, 0) is 0 Å². The van der Waals surface area contributed by atoms with Crippen molar-refractivity contribution in [1.29, 1.82) is 0 Å². The van der Waals surface area contributed by atoms with Crippen molar-refractivity contribution >= 4 is 30.9 Å². The molecule has 0 amide bonds. The van der Waals surface area contributed by atoms with Crippen molar-refractivity contribution in [2.75, 3.05) is 0 Å². The Morgan fingerprint density at radius 3 is 1.50 bits per heavy atom. The maximum absolute atomic E-state index is 3.39. The molecule has 6 radical (unpaired) electrons. The van der Waals surface area contributed by atoms with Gasteiger partial charge in [0.15, 0.2) is 0 Å². The van der Waals surface area contributed by atoms with Gasteiger partial charge >= 0.3 is 0 Å². The molecule has 0 saturated heterocycles. The minimum absolute atomic E-state index is 1.09. The van der Waals surface area contributed by atoms with Crippen LogP contribution in [-0.4, -0.2) is 20.5 Å². The predicted molar refractivity (Wildman–Crippen MR) is 37.2 cm³/mol. The number of hydrogen-bond acceptors (Lipinski definition) is 0. The number of benzene rings is 1. The van der Waals surface area contributed by atoms with Crippen LogP contribution in [0.4, 0.5) is 0 Å². The van der Waals surface area contributed by atoms with Crippen LogP contribution in [0.2, 0.25) is 0 Å². The van der Waals surface area contributed by atoms with Crippen molar-refractivity contribution in [2.45, 2.75) is 0 Å². The molecule has 8 heavy (non-hydrogen) atoms. The first-order valence-corrected chi connectivity index (χ1v) is 3.33. The molecule has 0 aromatic heterocycles. The lowest BCUT2D eigenvalue weighted by Gasteiger charge is -1.93. The van der Waals surface area contributed by atoms with Crippen molar-refractivity contribution in [3.63, 3.8) is 0 Å². The Kier molecular flexibility index (Phi) is 1.65. The molecular weight excluding hydrogens is 128 g/mol. The third-order valence-electron chi connectivity index (χ3n) is 0.927.